The highest BCUT2D eigenvalue weighted by Gasteiger charge is 2.12. The third kappa shape index (κ3) is 2.07. The van der Waals surface area contributed by atoms with Gasteiger partial charge in [-0.2, -0.15) is 5.26 Å². The smallest absolute Gasteiger partial charge is 0.140 e. The third-order valence-electron chi connectivity index (χ3n) is 3.00. The van der Waals surface area contributed by atoms with E-state index in [1.165, 1.54) is 5.56 Å². The first-order valence-electron chi connectivity index (χ1n) is 5.59. The van der Waals surface area contributed by atoms with Gasteiger partial charge in [0.1, 0.15) is 5.82 Å². The Balaban J connectivity index is 2.53. The largest absolute Gasteiger partial charge is 0.331 e. The predicted octanol–water partition coefficient (Wildman–Crippen LogP) is 2.77. The van der Waals surface area contributed by atoms with Gasteiger partial charge in [-0.3, -0.25) is 0 Å². The Kier molecular flexibility index (Phi) is 2.97. The molecule has 0 unspecified atom stereocenters. The highest BCUT2D eigenvalue weighted by molar-refractivity contribution is 5.58. The molecule has 3 heteroatoms. The zero-order chi connectivity index (χ0) is 12.4. The van der Waals surface area contributed by atoms with Crippen LogP contribution in [0.2, 0.25) is 0 Å². The van der Waals surface area contributed by atoms with Crippen molar-refractivity contribution in [2.24, 2.45) is 7.05 Å². The van der Waals surface area contributed by atoms with Gasteiger partial charge in [0.05, 0.1) is 18.2 Å². The quantitative estimate of drug-likeness (QED) is 0.788. The van der Waals surface area contributed by atoms with Gasteiger partial charge in [0.15, 0.2) is 0 Å². The number of benzene rings is 1. The number of nitrogens with zero attached hydrogens (tertiary/aromatic N) is 3. The summed E-state index contributed by atoms with van der Waals surface area (Å²) in [4.78, 5) is 4.55. The van der Waals surface area contributed by atoms with Crippen LogP contribution >= 0.6 is 0 Å². The Morgan fingerprint density at radius 2 is 2.12 bits per heavy atom. The van der Waals surface area contributed by atoms with Gasteiger partial charge in [-0.05, 0) is 19.9 Å². The Labute approximate surface area is 101 Å². The normalized spacial score (nSPS) is 10.2. The maximum Gasteiger partial charge on any atom is 0.140 e. The lowest BCUT2D eigenvalue weighted by Crippen LogP contribution is -1.95. The average Bonchev–Trinajstić information content (AvgIpc) is 2.58. The summed E-state index contributed by atoms with van der Waals surface area (Å²) in [6.45, 7) is 4.06. The van der Waals surface area contributed by atoms with E-state index in [0.29, 0.717) is 6.42 Å². The molecule has 0 saturated carbocycles. The molecule has 1 heterocycles. The molecule has 2 rings (SSSR count). The lowest BCUT2D eigenvalue weighted by atomic mass is 10.1. The van der Waals surface area contributed by atoms with Crippen LogP contribution in [-0.4, -0.2) is 9.55 Å². The number of rotatable bonds is 2. The molecule has 0 amide bonds. The van der Waals surface area contributed by atoms with Crippen molar-refractivity contribution in [1.82, 2.24) is 9.55 Å². The van der Waals surface area contributed by atoms with Crippen molar-refractivity contribution in [1.29, 1.82) is 5.26 Å². The fraction of sp³-hybridized carbons (Fsp3) is 0.286. The van der Waals surface area contributed by atoms with Gasteiger partial charge in [-0.15, -0.1) is 0 Å². The summed E-state index contributed by atoms with van der Waals surface area (Å²) < 4.78 is 2.04. The highest BCUT2D eigenvalue weighted by atomic mass is 15.1. The van der Waals surface area contributed by atoms with Crippen LogP contribution in [0.15, 0.2) is 24.3 Å². The molecule has 0 aliphatic rings. The number of hydrogen-bond acceptors (Lipinski definition) is 2. The molecule has 17 heavy (non-hydrogen) atoms. The fourth-order valence-electron chi connectivity index (χ4n) is 1.92. The maximum atomic E-state index is 8.76. The molecule has 0 bridgehead atoms. The summed E-state index contributed by atoms with van der Waals surface area (Å²) in [6, 6.07) is 10.4. The molecule has 86 valence electrons. The van der Waals surface area contributed by atoms with Crippen LogP contribution in [-0.2, 0) is 13.5 Å². The van der Waals surface area contributed by atoms with Crippen molar-refractivity contribution < 1.29 is 0 Å². The molecule has 1 aromatic carbocycles. The molecule has 0 aliphatic carbocycles. The monoisotopic (exact) mass is 225 g/mol. The van der Waals surface area contributed by atoms with E-state index in [4.69, 9.17) is 5.26 Å². The first kappa shape index (κ1) is 11.4. The summed E-state index contributed by atoms with van der Waals surface area (Å²) in [5.74, 6) is 0.927. The Morgan fingerprint density at radius 1 is 1.35 bits per heavy atom. The molecule has 0 aliphatic heterocycles. The van der Waals surface area contributed by atoms with E-state index in [1.54, 1.807) is 0 Å². The zero-order valence-electron chi connectivity index (χ0n) is 10.4. The van der Waals surface area contributed by atoms with Gasteiger partial charge in [0.2, 0.25) is 0 Å². The fourth-order valence-corrected chi connectivity index (χ4v) is 1.92. The van der Waals surface area contributed by atoms with Crippen molar-refractivity contribution >= 4 is 0 Å². The van der Waals surface area contributed by atoms with E-state index in [0.717, 1.165) is 22.8 Å². The lowest BCUT2D eigenvalue weighted by molar-refractivity contribution is 0.879. The minimum absolute atomic E-state index is 0.367. The second-order valence-corrected chi connectivity index (χ2v) is 4.23. The minimum atomic E-state index is 0.367. The van der Waals surface area contributed by atoms with Crippen molar-refractivity contribution in [2.45, 2.75) is 20.3 Å². The van der Waals surface area contributed by atoms with Crippen LogP contribution in [0.3, 0.4) is 0 Å². The first-order chi connectivity index (χ1) is 8.13. The van der Waals surface area contributed by atoms with Gasteiger partial charge in [0, 0.05) is 18.3 Å². The lowest BCUT2D eigenvalue weighted by Gasteiger charge is -2.03. The van der Waals surface area contributed by atoms with E-state index in [9.17, 15) is 0 Å². The van der Waals surface area contributed by atoms with E-state index in [1.807, 2.05) is 30.7 Å². The predicted molar refractivity (Wildman–Crippen MR) is 67.4 cm³/mol. The second-order valence-electron chi connectivity index (χ2n) is 4.23. The second kappa shape index (κ2) is 4.42. The molecule has 0 spiro atoms. The molecule has 0 saturated heterocycles. The highest BCUT2D eigenvalue weighted by Crippen LogP contribution is 2.22. The van der Waals surface area contributed by atoms with Gasteiger partial charge >= 0.3 is 0 Å². The van der Waals surface area contributed by atoms with E-state index < -0.39 is 0 Å². The molecule has 0 fully saturated rings. The number of aromatic nitrogens is 2. The van der Waals surface area contributed by atoms with Crippen molar-refractivity contribution in [3.63, 3.8) is 0 Å². The number of aryl methyl sites for hydroxylation is 1. The third-order valence-corrected chi connectivity index (χ3v) is 3.00. The number of imidazole rings is 1. The molecule has 2 aromatic rings. The summed E-state index contributed by atoms with van der Waals surface area (Å²) in [7, 11) is 1.99. The molecular weight excluding hydrogens is 210 g/mol. The summed E-state index contributed by atoms with van der Waals surface area (Å²) in [5, 5.41) is 8.76. The van der Waals surface area contributed by atoms with E-state index >= 15 is 0 Å². The molecule has 0 radical (unpaired) electrons. The van der Waals surface area contributed by atoms with Crippen LogP contribution in [0.4, 0.5) is 0 Å². The van der Waals surface area contributed by atoms with Crippen molar-refractivity contribution in [2.75, 3.05) is 0 Å². The van der Waals surface area contributed by atoms with E-state index in [-0.39, 0.29) is 0 Å². The molecule has 0 atom stereocenters. The van der Waals surface area contributed by atoms with Gasteiger partial charge < -0.3 is 4.57 Å². The standard InChI is InChI=1S/C14H15N3/c1-10-5-4-6-12(9-10)14-16-13(7-8-15)11(2)17(14)3/h4-6,9H,7H2,1-3H3. The SMILES string of the molecule is Cc1cccc(-c2nc(CC#N)c(C)n2C)c1. The number of hydrogen-bond donors (Lipinski definition) is 0. The molecular formula is C14H15N3. The molecule has 3 nitrogen and oxygen atoms in total. The van der Waals surface area contributed by atoms with Crippen LogP contribution < -0.4 is 0 Å². The van der Waals surface area contributed by atoms with Crippen molar-refractivity contribution in [3.8, 4) is 17.5 Å². The Hall–Kier alpha value is -2.08. The summed E-state index contributed by atoms with van der Waals surface area (Å²) in [6.07, 6.45) is 0.367. The Bertz CT molecular complexity index is 588. The first-order valence-corrected chi connectivity index (χ1v) is 5.59. The van der Waals surface area contributed by atoms with Crippen molar-refractivity contribution in [3.05, 3.63) is 41.2 Å². The maximum absolute atomic E-state index is 8.76. The molecule has 0 N–H and O–H groups in total. The van der Waals surface area contributed by atoms with Gasteiger partial charge in [-0.1, -0.05) is 23.8 Å². The van der Waals surface area contributed by atoms with Crippen LogP contribution in [0.25, 0.3) is 11.4 Å². The summed E-state index contributed by atoms with van der Waals surface area (Å²) >= 11 is 0. The van der Waals surface area contributed by atoms with Crippen LogP contribution in [0.1, 0.15) is 17.0 Å². The van der Waals surface area contributed by atoms with Crippen LogP contribution in [0, 0.1) is 25.2 Å². The minimum Gasteiger partial charge on any atom is -0.331 e. The van der Waals surface area contributed by atoms with Gasteiger partial charge in [0.25, 0.3) is 0 Å². The zero-order valence-corrected chi connectivity index (χ0v) is 10.4. The summed E-state index contributed by atoms with van der Waals surface area (Å²) in [5.41, 5.74) is 4.24. The topological polar surface area (TPSA) is 41.6 Å². The molecule has 1 aromatic heterocycles. The van der Waals surface area contributed by atoms with Crippen LogP contribution in [0.5, 0.6) is 0 Å². The van der Waals surface area contributed by atoms with E-state index in [2.05, 4.69) is 30.1 Å². The average molecular weight is 225 g/mol. The van der Waals surface area contributed by atoms with Gasteiger partial charge in [-0.25, -0.2) is 4.98 Å². The number of nitriles is 1. The Morgan fingerprint density at radius 3 is 2.76 bits per heavy atom.